The standard InChI is InChI=1S/C14H12ClN3O5/c1-22-11-5-9(10(18(20)21)6-12(11)23-2)14(19)17-13-4-3-8(15)7-16-13/h3-7H,1-2H3,(H,16,17,19). The minimum absolute atomic E-state index is 0.153. The van der Waals surface area contributed by atoms with Crippen molar-refractivity contribution in [2.45, 2.75) is 0 Å². The molecular weight excluding hydrogens is 326 g/mol. The minimum atomic E-state index is -0.701. The number of aromatic nitrogens is 1. The smallest absolute Gasteiger partial charge is 0.286 e. The second-order valence-corrected chi connectivity index (χ2v) is 4.73. The minimum Gasteiger partial charge on any atom is -0.493 e. The van der Waals surface area contributed by atoms with Crippen molar-refractivity contribution in [2.24, 2.45) is 0 Å². The molecule has 0 unspecified atom stereocenters. The zero-order chi connectivity index (χ0) is 17.0. The van der Waals surface area contributed by atoms with E-state index < -0.39 is 16.5 Å². The fraction of sp³-hybridized carbons (Fsp3) is 0.143. The molecule has 0 atom stereocenters. The molecule has 0 spiro atoms. The predicted molar refractivity (Wildman–Crippen MR) is 83.4 cm³/mol. The maximum atomic E-state index is 12.3. The number of halogens is 1. The van der Waals surface area contributed by atoms with Crippen molar-refractivity contribution in [2.75, 3.05) is 19.5 Å². The number of nitro benzene ring substituents is 1. The van der Waals surface area contributed by atoms with E-state index in [4.69, 9.17) is 21.1 Å². The lowest BCUT2D eigenvalue weighted by molar-refractivity contribution is -0.385. The summed E-state index contributed by atoms with van der Waals surface area (Å²) in [5.74, 6) is -0.136. The first-order valence-electron chi connectivity index (χ1n) is 6.29. The summed E-state index contributed by atoms with van der Waals surface area (Å²) < 4.78 is 10.1. The zero-order valence-corrected chi connectivity index (χ0v) is 13.0. The molecule has 0 aliphatic heterocycles. The molecule has 0 bridgehead atoms. The third kappa shape index (κ3) is 3.67. The van der Waals surface area contributed by atoms with Gasteiger partial charge in [-0.25, -0.2) is 4.98 Å². The molecular formula is C14H12ClN3O5. The van der Waals surface area contributed by atoms with Gasteiger partial charge in [0.15, 0.2) is 11.5 Å². The molecule has 1 heterocycles. The molecule has 1 amide bonds. The van der Waals surface area contributed by atoms with E-state index in [-0.39, 0.29) is 22.9 Å². The lowest BCUT2D eigenvalue weighted by Gasteiger charge is -2.10. The first-order valence-corrected chi connectivity index (χ1v) is 6.67. The van der Waals surface area contributed by atoms with E-state index >= 15 is 0 Å². The second kappa shape index (κ2) is 6.93. The van der Waals surface area contributed by atoms with Crippen LogP contribution in [0.3, 0.4) is 0 Å². The van der Waals surface area contributed by atoms with E-state index in [1.54, 1.807) is 0 Å². The quantitative estimate of drug-likeness (QED) is 0.664. The Hall–Kier alpha value is -2.87. The Morgan fingerprint density at radius 1 is 1.26 bits per heavy atom. The highest BCUT2D eigenvalue weighted by atomic mass is 35.5. The molecule has 2 aromatic rings. The number of hydrogen-bond acceptors (Lipinski definition) is 6. The first kappa shape index (κ1) is 16.5. The Morgan fingerprint density at radius 3 is 2.43 bits per heavy atom. The summed E-state index contributed by atoms with van der Waals surface area (Å²) in [5.41, 5.74) is -0.585. The summed E-state index contributed by atoms with van der Waals surface area (Å²) in [6, 6.07) is 5.38. The number of rotatable bonds is 5. The number of carbonyl (C=O) groups excluding carboxylic acids is 1. The fourth-order valence-corrected chi connectivity index (χ4v) is 1.95. The molecule has 23 heavy (non-hydrogen) atoms. The van der Waals surface area contributed by atoms with Crippen LogP contribution in [0.15, 0.2) is 30.5 Å². The molecule has 1 N–H and O–H groups in total. The number of anilines is 1. The monoisotopic (exact) mass is 337 g/mol. The van der Waals surface area contributed by atoms with Crippen LogP contribution in [0.4, 0.5) is 11.5 Å². The van der Waals surface area contributed by atoms with Gasteiger partial charge >= 0.3 is 0 Å². The number of amides is 1. The van der Waals surface area contributed by atoms with Crippen LogP contribution in [-0.4, -0.2) is 30.0 Å². The van der Waals surface area contributed by atoms with Crippen LogP contribution in [0.1, 0.15) is 10.4 Å². The predicted octanol–water partition coefficient (Wildman–Crippen LogP) is 2.91. The van der Waals surface area contributed by atoms with Crippen LogP contribution in [0.25, 0.3) is 0 Å². The molecule has 0 aliphatic rings. The maximum Gasteiger partial charge on any atom is 0.286 e. The van der Waals surface area contributed by atoms with Gasteiger partial charge in [0.2, 0.25) is 0 Å². The van der Waals surface area contributed by atoms with Gasteiger partial charge in [0.1, 0.15) is 11.4 Å². The van der Waals surface area contributed by atoms with Crippen LogP contribution in [-0.2, 0) is 0 Å². The number of carbonyl (C=O) groups is 1. The van der Waals surface area contributed by atoms with E-state index in [0.717, 1.165) is 6.07 Å². The van der Waals surface area contributed by atoms with Gasteiger partial charge in [-0.05, 0) is 12.1 Å². The molecule has 1 aromatic carbocycles. The largest absolute Gasteiger partial charge is 0.493 e. The highest BCUT2D eigenvalue weighted by Gasteiger charge is 2.24. The van der Waals surface area contributed by atoms with Gasteiger partial charge < -0.3 is 14.8 Å². The van der Waals surface area contributed by atoms with Crippen molar-refractivity contribution in [1.29, 1.82) is 0 Å². The number of nitrogens with zero attached hydrogens (tertiary/aromatic N) is 2. The van der Waals surface area contributed by atoms with Crippen molar-refractivity contribution in [3.8, 4) is 11.5 Å². The molecule has 0 saturated heterocycles. The number of ether oxygens (including phenoxy) is 2. The summed E-state index contributed by atoms with van der Waals surface area (Å²) in [6.07, 6.45) is 1.35. The summed E-state index contributed by atoms with van der Waals surface area (Å²) in [7, 11) is 2.71. The number of nitro groups is 1. The number of methoxy groups -OCH3 is 2. The molecule has 9 heteroatoms. The lowest BCUT2D eigenvalue weighted by atomic mass is 10.1. The second-order valence-electron chi connectivity index (χ2n) is 4.30. The summed E-state index contributed by atoms with van der Waals surface area (Å²) >= 11 is 5.71. The fourth-order valence-electron chi connectivity index (χ4n) is 1.83. The van der Waals surface area contributed by atoms with Gasteiger partial charge in [-0.3, -0.25) is 14.9 Å². The first-order chi connectivity index (χ1) is 11.0. The molecule has 0 saturated carbocycles. The molecule has 0 fully saturated rings. The highest BCUT2D eigenvalue weighted by Crippen LogP contribution is 2.34. The van der Waals surface area contributed by atoms with Gasteiger partial charge in [-0.1, -0.05) is 11.6 Å². The van der Waals surface area contributed by atoms with Gasteiger partial charge in [-0.15, -0.1) is 0 Å². The number of benzene rings is 1. The molecule has 1 aromatic heterocycles. The Kier molecular flexibility index (Phi) is 4.97. The van der Waals surface area contributed by atoms with Crippen molar-refractivity contribution in [3.05, 3.63) is 51.2 Å². The molecule has 0 radical (unpaired) electrons. The topological polar surface area (TPSA) is 104 Å². The van der Waals surface area contributed by atoms with Crippen molar-refractivity contribution < 1.29 is 19.2 Å². The van der Waals surface area contributed by atoms with Gasteiger partial charge in [0, 0.05) is 12.3 Å². The van der Waals surface area contributed by atoms with Crippen molar-refractivity contribution in [1.82, 2.24) is 4.98 Å². The lowest BCUT2D eigenvalue weighted by Crippen LogP contribution is -2.15. The van der Waals surface area contributed by atoms with Crippen LogP contribution < -0.4 is 14.8 Å². The van der Waals surface area contributed by atoms with Crippen LogP contribution in [0, 0.1) is 10.1 Å². The third-order valence-corrected chi connectivity index (χ3v) is 3.14. The summed E-state index contributed by atoms with van der Waals surface area (Å²) in [5, 5.41) is 14.1. The van der Waals surface area contributed by atoms with E-state index in [9.17, 15) is 14.9 Å². The number of pyridine rings is 1. The molecule has 2 rings (SSSR count). The molecule has 0 aliphatic carbocycles. The maximum absolute atomic E-state index is 12.3. The van der Waals surface area contributed by atoms with Gasteiger partial charge in [0.05, 0.1) is 30.2 Å². The Bertz CT molecular complexity index is 749. The average molecular weight is 338 g/mol. The van der Waals surface area contributed by atoms with Crippen molar-refractivity contribution in [3.63, 3.8) is 0 Å². The highest BCUT2D eigenvalue weighted by molar-refractivity contribution is 6.30. The van der Waals surface area contributed by atoms with E-state index in [0.29, 0.717) is 5.02 Å². The van der Waals surface area contributed by atoms with Crippen molar-refractivity contribution >= 4 is 29.0 Å². The normalized spacial score (nSPS) is 10.0. The summed E-state index contributed by atoms with van der Waals surface area (Å²) in [6.45, 7) is 0. The van der Waals surface area contributed by atoms with Crippen LogP contribution in [0.2, 0.25) is 5.02 Å². The average Bonchev–Trinajstić information content (AvgIpc) is 2.55. The Morgan fingerprint density at radius 2 is 1.91 bits per heavy atom. The van der Waals surface area contributed by atoms with E-state index in [2.05, 4.69) is 10.3 Å². The van der Waals surface area contributed by atoms with Crippen LogP contribution >= 0.6 is 11.6 Å². The SMILES string of the molecule is COc1cc(C(=O)Nc2ccc(Cl)cn2)c([N+](=O)[O-])cc1OC. The molecule has 8 nitrogen and oxygen atoms in total. The Labute approximate surface area is 136 Å². The third-order valence-electron chi connectivity index (χ3n) is 2.91. The number of hydrogen-bond donors (Lipinski definition) is 1. The Balaban J connectivity index is 2.41. The van der Waals surface area contributed by atoms with Gasteiger partial charge in [-0.2, -0.15) is 0 Å². The van der Waals surface area contributed by atoms with Gasteiger partial charge in [0.25, 0.3) is 11.6 Å². The van der Waals surface area contributed by atoms with E-state index in [1.807, 2.05) is 0 Å². The molecule has 120 valence electrons. The zero-order valence-electron chi connectivity index (χ0n) is 12.2. The van der Waals surface area contributed by atoms with E-state index in [1.165, 1.54) is 38.6 Å². The summed E-state index contributed by atoms with van der Waals surface area (Å²) in [4.78, 5) is 26.7. The van der Waals surface area contributed by atoms with Crippen LogP contribution in [0.5, 0.6) is 11.5 Å². The number of nitrogens with one attached hydrogen (secondary N) is 1.